The Bertz CT molecular complexity index is 230. The summed E-state index contributed by atoms with van der Waals surface area (Å²) in [5.41, 5.74) is 0. The van der Waals surface area contributed by atoms with Crippen LogP contribution in [-0.4, -0.2) is 42.6 Å². The fourth-order valence-electron chi connectivity index (χ4n) is 2.99. The van der Waals surface area contributed by atoms with Crippen LogP contribution in [0, 0.1) is 0 Å². The molecule has 3 heteroatoms. The summed E-state index contributed by atoms with van der Waals surface area (Å²) in [7, 11) is 0. The maximum absolute atomic E-state index is 10.9. The van der Waals surface area contributed by atoms with E-state index >= 15 is 0 Å². The summed E-state index contributed by atoms with van der Waals surface area (Å²) in [6, 6.07) is 0.930. The second kappa shape index (κ2) is 4.52. The van der Waals surface area contributed by atoms with Crippen molar-refractivity contribution in [1.29, 1.82) is 0 Å². The van der Waals surface area contributed by atoms with E-state index in [0.29, 0.717) is 0 Å². The molecule has 15 heavy (non-hydrogen) atoms. The SMILES string of the molecule is CC(=O)NCC[N+]1(C2CC2)CCCCC1. The molecular weight excluding hydrogens is 188 g/mol. The van der Waals surface area contributed by atoms with E-state index < -0.39 is 0 Å². The fourth-order valence-corrected chi connectivity index (χ4v) is 2.99. The number of rotatable bonds is 4. The first kappa shape index (κ1) is 10.9. The second-order valence-electron chi connectivity index (χ2n) is 5.16. The van der Waals surface area contributed by atoms with Gasteiger partial charge in [-0.15, -0.1) is 0 Å². The number of carbonyl (C=O) groups excluding carboxylic acids is 1. The van der Waals surface area contributed by atoms with E-state index in [0.717, 1.165) is 19.1 Å². The Kier molecular flexibility index (Phi) is 3.29. The quantitative estimate of drug-likeness (QED) is 0.697. The van der Waals surface area contributed by atoms with Gasteiger partial charge in [0.25, 0.3) is 0 Å². The van der Waals surface area contributed by atoms with Gasteiger partial charge in [-0.1, -0.05) is 0 Å². The molecule has 1 saturated heterocycles. The third-order valence-corrected chi connectivity index (χ3v) is 3.96. The van der Waals surface area contributed by atoms with E-state index in [1.807, 2.05) is 0 Å². The lowest BCUT2D eigenvalue weighted by molar-refractivity contribution is -0.941. The van der Waals surface area contributed by atoms with E-state index in [-0.39, 0.29) is 5.91 Å². The molecule has 1 saturated carbocycles. The average Bonchev–Trinajstić information content (AvgIpc) is 3.02. The van der Waals surface area contributed by atoms with Crippen LogP contribution in [0.15, 0.2) is 0 Å². The standard InChI is InChI=1S/C12H22N2O/c1-11(15)13-7-10-14(12-5-6-12)8-3-2-4-9-14/h12H,2-10H2,1H3/p+1. The lowest BCUT2D eigenvalue weighted by Crippen LogP contribution is -2.56. The zero-order valence-corrected chi connectivity index (χ0v) is 9.80. The number of piperidine rings is 1. The molecular formula is C12H23N2O+. The molecule has 0 aromatic rings. The number of amides is 1. The number of hydrogen-bond donors (Lipinski definition) is 1. The first-order valence-corrected chi connectivity index (χ1v) is 6.33. The molecule has 0 atom stereocenters. The molecule has 86 valence electrons. The highest BCUT2D eigenvalue weighted by Crippen LogP contribution is 2.36. The van der Waals surface area contributed by atoms with Gasteiger partial charge in [-0.25, -0.2) is 0 Å². The smallest absolute Gasteiger partial charge is 0.217 e. The zero-order chi connectivity index (χ0) is 10.7. The van der Waals surface area contributed by atoms with E-state index in [1.165, 1.54) is 49.7 Å². The van der Waals surface area contributed by atoms with Gasteiger partial charge < -0.3 is 9.80 Å². The molecule has 2 aliphatic rings. The Morgan fingerprint density at radius 3 is 2.47 bits per heavy atom. The fraction of sp³-hybridized carbons (Fsp3) is 0.917. The summed E-state index contributed by atoms with van der Waals surface area (Å²) in [6.07, 6.45) is 7.01. The summed E-state index contributed by atoms with van der Waals surface area (Å²) < 4.78 is 1.31. The molecule has 1 heterocycles. The first-order chi connectivity index (χ1) is 7.23. The third-order valence-electron chi connectivity index (χ3n) is 3.96. The van der Waals surface area contributed by atoms with Crippen LogP contribution in [-0.2, 0) is 4.79 Å². The van der Waals surface area contributed by atoms with Gasteiger partial charge in [-0.05, 0) is 19.3 Å². The van der Waals surface area contributed by atoms with Crippen molar-refractivity contribution < 1.29 is 9.28 Å². The van der Waals surface area contributed by atoms with Crippen LogP contribution in [0.4, 0.5) is 0 Å². The summed E-state index contributed by atoms with van der Waals surface area (Å²) >= 11 is 0. The molecule has 1 aliphatic carbocycles. The van der Waals surface area contributed by atoms with E-state index in [2.05, 4.69) is 5.32 Å². The molecule has 1 amide bonds. The van der Waals surface area contributed by atoms with Gasteiger partial charge in [0, 0.05) is 19.8 Å². The van der Waals surface area contributed by atoms with Crippen LogP contribution >= 0.6 is 0 Å². The summed E-state index contributed by atoms with van der Waals surface area (Å²) in [4.78, 5) is 10.9. The molecule has 0 spiro atoms. The predicted molar refractivity (Wildman–Crippen MR) is 60.4 cm³/mol. The van der Waals surface area contributed by atoms with Gasteiger partial charge in [-0.2, -0.15) is 0 Å². The monoisotopic (exact) mass is 211 g/mol. The molecule has 3 nitrogen and oxygen atoms in total. The lowest BCUT2D eigenvalue weighted by atomic mass is 10.1. The topological polar surface area (TPSA) is 29.1 Å². The summed E-state index contributed by atoms with van der Waals surface area (Å²) in [6.45, 7) is 6.34. The van der Waals surface area contributed by atoms with Crippen molar-refractivity contribution in [3.05, 3.63) is 0 Å². The first-order valence-electron chi connectivity index (χ1n) is 6.33. The number of quaternary nitrogens is 1. The second-order valence-corrected chi connectivity index (χ2v) is 5.16. The minimum absolute atomic E-state index is 0.112. The van der Waals surface area contributed by atoms with Crippen molar-refractivity contribution in [3.63, 3.8) is 0 Å². The van der Waals surface area contributed by atoms with Crippen molar-refractivity contribution in [2.24, 2.45) is 0 Å². The Morgan fingerprint density at radius 1 is 1.27 bits per heavy atom. The molecule has 0 unspecified atom stereocenters. The van der Waals surface area contributed by atoms with Crippen molar-refractivity contribution in [2.45, 2.75) is 45.1 Å². The number of carbonyl (C=O) groups is 1. The van der Waals surface area contributed by atoms with Crippen LogP contribution in [0.5, 0.6) is 0 Å². The van der Waals surface area contributed by atoms with E-state index in [4.69, 9.17) is 0 Å². The average molecular weight is 211 g/mol. The molecule has 0 aromatic carbocycles. The summed E-state index contributed by atoms with van der Waals surface area (Å²) in [5, 5.41) is 2.95. The largest absolute Gasteiger partial charge is 0.351 e. The van der Waals surface area contributed by atoms with Crippen LogP contribution in [0.3, 0.4) is 0 Å². The maximum atomic E-state index is 10.9. The molecule has 0 radical (unpaired) electrons. The van der Waals surface area contributed by atoms with Crippen molar-refractivity contribution >= 4 is 5.91 Å². The van der Waals surface area contributed by atoms with E-state index in [1.54, 1.807) is 6.92 Å². The molecule has 1 N–H and O–H groups in total. The Balaban J connectivity index is 1.84. The molecule has 0 bridgehead atoms. The Morgan fingerprint density at radius 2 is 1.93 bits per heavy atom. The minimum Gasteiger partial charge on any atom is -0.351 e. The van der Waals surface area contributed by atoms with E-state index in [9.17, 15) is 4.79 Å². The molecule has 0 aromatic heterocycles. The zero-order valence-electron chi connectivity index (χ0n) is 9.80. The van der Waals surface area contributed by atoms with Crippen molar-refractivity contribution in [2.75, 3.05) is 26.2 Å². The minimum atomic E-state index is 0.112. The lowest BCUT2D eigenvalue weighted by Gasteiger charge is -2.42. The molecule has 1 aliphatic heterocycles. The van der Waals surface area contributed by atoms with Gasteiger partial charge in [-0.3, -0.25) is 4.79 Å². The van der Waals surface area contributed by atoms with Crippen LogP contribution in [0.25, 0.3) is 0 Å². The van der Waals surface area contributed by atoms with Gasteiger partial charge in [0.05, 0.1) is 32.2 Å². The van der Waals surface area contributed by atoms with Gasteiger partial charge in [0.15, 0.2) is 0 Å². The normalized spacial score (nSPS) is 24.9. The molecule has 2 rings (SSSR count). The van der Waals surface area contributed by atoms with Gasteiger partial charge in [0.1, 0.15) is 0 Å². The van der Waals surface area contributed by atoms with Crippen LogP contribution in [0.1, 0.15) is 39.0 Å². The molecule has 2 fully saturated rings. The Hall–Kier alpha value is -0.570. The highest BCUT2D eigenvalue weighted by atomic mass is 16.1. The summed E-state index contributed by atoms with van der Waals surface area (Å²) in [5.74, 6) is 0.112. The van der Waals surface area contributed by atoms with Crippen LogP contribution in [0.2, 0.25) is 0 Å². The van der Waals surface area contributed by atoms with Gasteiger partial charge >= 0.3 is 0 Å². The number of nitrogens with zero attached hydrogens (tertiary/aromatic N) is 1. The van der Waals surface area contributed by atoms with Gasteiger partial charge in [0.2, 0.25) is 5.91 Å². The highest BCUT2D eigenvalue weighted by molar-refractivity contribution is 5.72. The van der Waals surface area contributed by atoms with Crippen LogP contribution < -0.4 is 5.32 Å². The Labute approximate surface area is 92.4 Å². The van der Waals surface area contributed by atoms with Crippen molar-refractivity contribution in [1.82, 2.24) is 5.32 Å². The number of nitrogens with one attached hydrogen (secondary N) is 1. The number of likely N-dealkylation sites (tertiary alicyclic amines) is 1. The third kappa shape index (κ3) is 2.71. The van der Waals surface area contributed by atoms with Crippen molar-refractivity contribution in [3.8, 4) is 0 Å². The highest BCUT2D eigenvalue weighted by Gasteiger charge is 2.44. The predicted octanol–water partition coefficient (Wildman–Crippen LogP) is 1.29. The maximum Gasteiger partial charge on any atom is 0.217 e. The number of hydrogen-bond acceptors (Lipinski definition) is 1.